The molecule has 134 valence electrons. The summed E-state index contributed by atoms with van der Waals surface area (Å²) < 4.78 is 0. The summed E-state index contributed by atoms with van der Waals surface area (Å²) in [6, 6.07) is 0. The predicted molar refractivity (Wildman–Crippen MR) is 97.5 cm³/mol. The van der Waals surface area contributed by atoms with Crippen LogP contribution in [0.4, 0.5) is 0 Å². The van der Waals surface area contributed by atoms with Gasteiger partial charge in [0.25, 0.3) is 0 Å². The van der Waals surface area contributed by atoms with Gasteiger partial charge >= 0.3 is 5.97 Å². The SMILES string of the molecule is C/C=C(/C)[C@@H]1[C@@H](/C=C/C=C/C(=O)O)[C@@H]2[C@@H](C[C@@H]1C)[C@@H](O)CC[C@@H]2C. The predicted octanol–water partition coefficient (Wildman–Crippen LogP) is 4.45. The minimum atomic E-state index is -0.919. The van der Waals surface area contributed by atoms with Crippen molar-refractivity contribution in [2.45, 2.75) is 53.1 Å². The van der Waals surface area contributed by atoms with Crippen molar-refractivity contribution in [1.82, 2.24) is 0 Å². The zero-order chi connectivity index (χ0) is 17.9. The molecule has 0 saturated heterocycles. The van der Waals surface area contributed by atoms with E-state index in [2.05, 4.69) is 39.8 Å². The van der Waals surface area contributed by atoms with Crippen molar-refractivity contribution in [2.75, 3.05) is 0 Å². The Balaban J connectivity index is 2.36. The van der Waals surface area contributed by atoms with E-state index >= 15 is 0 Å². The maximum absolute atomic E-state index is 10.7. The molecule has 0 heterocycles. The molecule has 3 nitrogen and oxygen atoms in total. The molecule has 0 amide bonds. The minimum absolute atomic E-state index is 0.189. The van der Waals surface area contributed by atoms with Crippen LogP contribution in [0.2, 0.25) is 0 Å². The number of carbonyl (C=O) groups is 1. The van der Waals surface area contributed by atoms with Crippen LogP contribution in [0.15, 0.2) is 36.0 Å². The van der Waals surface area contributed by atoms with Crippen molar-refractivity contribution in [3.05, 3.63) is 36.0 Å². The fraction of sp³-hybridized carbons (Fsp3) is 0.667. The van der Waals surface area contributed by atoms with Crippen LogP contribution in [-0.4, -0.2) is 22.3 Å². The van der Waals surface area contributed by atoms with Crippen LogP contribution < -0.4 is 0 Å². The summed E-state index contributed by atoms with van der Waals surface area (Å²) >= 11 is 0. The van der Waals surface area contributed by atoms with Gasteiger partial charge in [-0.25, -0.2) is 4.79 Å². The molecule has 7 atom stereocenters. The van der Waals surface area contributed by atoms with Crippen LogP contribution in [0.3, 0.4) is 0 Å². The lowest BCUT2D eigenvalue weighted by molar-refractivity contribution is -0.131. The molecule has 0 unspecified atom stereocenters. The molecule has 2 aliphatic rings. The summed E-state index contributed by atoms with van der Waals surface area (Å²) in [4.78, 5) is 10.7. The Morgan fingerprint density at radius 2 is 1.83 bits per heavy atom. The van der Waals surface area contributed by atoms with E-state index in [1.165, 1.54) is 11.6 Å². The van der Waals surface area contributed by atoms with Crippen LogP contribution in [0, 0.1) is 35.5 Å². The number of allylic oxidation sites excluding steroid dienone is 5. The third kappa shape index (κ3) is 4.00. The fourth-order valence-electron chi connectivity index (χ4n) is 5.22. The molecule has 2 rings (SSSR count). The summed E-state index contributed by atoms with van der Waals surface area (Å²) in [5.41, 5.74) is 1.41. The van der Waals surface area contributed by atoms with Crippen molar-refractivity contribution in [3.8, 4) is 0 Å². The second kappa shape index (κ2) is 8.15. The molecule has 3 heteroatoms. The number of hydrogen-bond donors (Lipinski definition) is 2. The monoisotopic (exact) mass is 332 g/mol. The van der Waals surface area contributed by atoms with E-state index in [1.807, 2.05) is 6.08 Å². The Labute approximate surface area is 146 Å². The molecule has 0 aromatic heterocycles. The quantitative estimate of drug-likeness (QED) is 0.454. The minimum Gasteiger partial charge on any atom is -0.478 e. The van der Waals surface area contributed by atoms with Gasteiger partial charge in [0.1, 0.15) is 0 Å². The van der Waals surface area contributed by atoms with Crippen LogP contribution >= 0.6 is 0 Å². The average molecular weight is 332 g/mol. The molecule has 0 aromatic rings. The second-order valence-corrected chi connectivity index (χ2v) is 7.79. The Bertz CT molecular complexity index is 531. The molecule has 0 aromatic carbocycles. The zero-order valence-corrected chi connectivity index (χ0v) is 15.4. The molecule has 2 fully saturated rings. The van der Waals surface area contributed by atoms with Gasteiger partial charge in [0.05, 0.1) is 6.10 Å². The molecule has 24 heavy (non-hydrogen) atoms. The highest BCUT2D eigenvalue weighted by Gasteiger charge is 2.48. The van der Waals surface area contributed by atoms with Crippen LogP contribution in [0.1, 0.15) is 47.0 Å². The van der Waals surface area contributed by atoms with E-state index in [0.717, 1.165) is 19.3 Å². The third-order valence-corrected chi connectivity index (χ3v) is 6.34. The van der Waals surface area contributed by atoms with Gasteiger partial charge in [-0.1, -0.05) is 43.7 Å². The molecule has 2 saturated carbocycles. The van der Waals surface area contributed by atoms with Crippen molar-refractivity contribution in [3.63, 3.8) is 0 Å². The Morgan fingerprint density at radius 1 is 1.12 bits per heavy atom. The third-order valence-electron chi connectivity index (χ3n) is 6.34. The van der Waals surface area contributed by atoms with Crippen molar-refractivity contribution < 1.29 is 15.0 Å². The Kier molecular flexibility index (Phi) is 6.45. The van der Waals surface area contributed by atoms with Gasteiger partial charge in [-0.2, -0.15) is 0 Å². The van der Waals surface area contributed by atoms with Gasteiger partial charge < -0.3 is 10.2 Å². The average Bonchev–Trinajstić information content (AvgIpc) is 2.53. The Hall–Kier alpha value is -1.35. The van der Waals surface area contributed by atoms with Gasteiger partial charge in [0.2, 0.25) is 0 Å². The highest BCUT2D eigenvalue weighted by molar-refractivity contribution is 5.80. The number of aliphatic hydroxyl groups excluding tert-OH is 1. The number of fused-ring (bicyclic) bond motifs is 1. The number of carboxylic acid groups (broad SMARTS) is 1. The fourth-order valence-corrected chi connectivity index (χ4v) is 5.22. The van der Waals surface area contributed by atoms with E-state index in [0.29, 0.717) is 35.5 Å². The highest BCUT2D eigenvalue weighted by atomic mass is 16.4. The maximum atomic E-state index is 10.7. The molecule has 0 radical (unpaired) electrons. The van der Waals surface area contributed by atoms with E-state index in [9.17, 15) is 9.90 Å². The van der Waals surface area contributed by atoms with Gasteiger partial charge in [-0.05, 0) is 68.6 Å². The second-order valence-electron chi connectivity index (χ2n) is 7.79. The van der Waals surface area contributed by atoms with Crippen molar-refractivity contribution in [2.24, 2.45) is 35.5 Å². The maximum Gasteiger partial charge on any atom is 0.328 e. The number of aliphatic hydroxyl groups is 1. The lowest BCUT2D eigenvalue weighted by Crippen LogP contribution is -2.48. The molecule has 2 N–H and O–H groups in total. The lowest BCUT2D eigenvalue weighted by atomic mass is 9.53. The molecular weight excluding hydrogens is 300 g/mol. The standard InChI is InChI=1S/C21H32O3/c1-5-13(2)20-15(4)12-17-18(22)11-10-14(3)21(17)16(20)8-6-7-9-19(23)24/h5-9,14-18,20-22H,10-12H2,1-4H3,(H,23,24)/b8-6+,9-7+,13-5-/t14-,15-,16+,17-,18-,20-,21+/m0/s1. The van der Waals surface area contributed by atoms with Gasteiger partial charge in [0, 0.05) is 6.08 Å². The number of rotatable bonds is 4. The molecule has 0 aliphatic heterocycles. The van der Waals surface area contributed by atoms with Crippen molar-refractivity contribution in [1.29, 1.82) is 0 Å². The first-order chi connectivity index (χ1) is 11.4. The van der Waals surface area contributed by atoms with E-state index < -0.39 is 5.97 Å². The summed E-state index contributed by atoms with van der Waals surface area (Å²) in [5.74, 6) is 1.87. The summed E-state index contributed by atoms with van der Waals surface area (Å²) in [6.45, 7) is 8.92. The molecule has 0 bridgehead atoms. The zero-order valence-electron chi connectivity index (χ0n) is 15.4. The first-order valence-corrected chi connectivity index (χ1v) is 9.25. The summed E-state index contributed by atoms with van der Waals surface area (Å²) in [7, 11) is 0. The molecule has 0 spiro atoms. The first-order valence-electron chi connectivity index (χ1n) is 9.25. The van der Waals surface area contributed by atoms with E-state index in [-0.39, 0.29) is 6.10 Å². The summed E-state index contributed by atoms with van der Waals surface area (Å²) in [5, 5.41) is 19.3. The van der Waals surface area contributed by atoms with Crippen LogP contribution in [0.25, 0.3) is 0 Å². The normalized spacial score (nSPS) is 40.9. The van der Waals surface area contributed by atoms with Crippen LogP contribution in [0.5, 0.6) is 0 Å². The van der Waals surface area contributed by atoms with Gasteiger partial charge in [0.15, 0.2) is 0 Å². The highest BCUT2D eigenvalue weighted by Crippen LogP contribution is 2.53. The smallest absolute Gasteiger partial charge is 0.328 e. The van der Waals surface area contributed by atoms with E-state index in [1.54, 1.807) is 6.08 Å². The molecule has 2 aliphatic carbocycles. The van der Waals surface area contributed by atoms with Crippen molar-refractivity contribution >= 4 is 5.97 Å². The number of carboxylic acids is 1. The van der Waals surface area contributed by atoms with Gasteiger partial charge in [-0.3, -0.25) is 0 Å². The molecular formula is C21H32O3. The lowest BCUT2D eigenvalue weighted by Gasteiger charge is -2.52. The topological polar surface area (TPSA) is 57.5 Å². The number of aliphatic carboxylic acids is 1. The van der Waals surface area contributed by atoms with Gasteiger partial charge in [-0.15, -0.1) is 0 Å². The Morgan fingerprint density at radius 3 is 2.46 bits per heavy atom. The first kappa shape index (κ1) is 19.0. The summed E-state index contributed by atoms with van der Waals surface area (Å²) in [6.07, 6.45) is 12.0. The number of hydrogen-bond acceptors (Lipinski definition) is 2. The largest absolute Gasteiger partial charge is 0.478 e. The van der Waals surface area contributed by atoms with E-state index in [4.69, 9.17) is 5.11 Å². The van der Waals surface area contributed by atoms with Crippen LogP contribution in [-0.2, 0) is 4.79 Å².